The van der Waals surface area contributed by atoms with Gasteiger partial charge in [-0.2, -0.15) is 0 Å². The maximum Gasteiger partial charge on any atom is 0.150 e. The van der Waals surface area contributed by atoms with Crippen LogP contribution in [0.4, 0.5) is 0 Å². The molecule has 0 fully saturated rings. The zero-order valence-electron chi connectivity index (χ0n) is 10.3. The first-order valence-corrected chi connectivity index (χ1v) is 6.02. The molecule has 0 atom stereocenters. The fourth-order valence-corrected chi connectivity index (χ4v) is 1.91. The van der Waals surface area contributed by atoms with Gasteiger partial charge in [0.05, 0.1) is 11.7 Å². The SMILES string of the molecule is NCc1ccncc1Oc1ccc2cccnc2c1. The molecule has 19 heavy (non-hydrogen) atoms. The van der Waals surface area contributed by atoms with E-state index in [9.17, 15) is 0 Å². The van der Waals surface area contributed by atoms with Crippen molar-refractivity contribution in [1.82, 2.24) is 9.97 Å². The smallest absolute Gasteiger partial charge is 0.150 e. The van der Waals surface area contributed by atoms with Gasteiger partial charge in [-0.3, -0.25) is 9.97 Å². The number of aromatic nitrogens is 2. The first-order chi connectivity index (χ1) is 9.36. The average Bonchev–Trinajstić information content (AvgIpc) is 2.48. The maximum absolute atomic E-state index is 5.83. The van der Waals surface area contributed by atoms with Crippen molar-refractivity contribution < 1.29 is 4.74 Å². The van der Waals surface area contributed by atoms with Crippen LogP contribution in [0.3, 0.4) is 0 Å². The molecule has 3 rings (SSSR count). The molecule has 4 heteroatoms. The van der Waals surface area contributed by atoms with E-state index in [0.717, 1.165) is 22.2 Å². The molecule has 0 saturated carbocycles. The van der Waals surface area contributed by atoms with Gasteiger partial charge in [0.2, 0.25) is 0 Å². The van der Waals surface area contributed by atoms with E-state index in [-0.39, 0.29) is 0 Å². The van der Waals surface area contributed by atoms with Crippen molar-refractivity contribution in [2.24, 2.45) is 5.73 Å². The van der Waals surface area contributed by atoms with Crippen LogP contribution in [0.5, 0.6) is 11.5 Å². The second kappa shape index (κ2) is 5.04. The van der Waals surface area contributed by atoms with E-state index in [2.05, 4.69) is 9.97 Å². The molecule has 0 radical (unpaired) electrons. The lowest BCUT2D eigenvalue weighted by atomic mass is 10.2. The van der Waals surface area contributed by atoms with Gasteiger partial charge in [0, 0.05) is 36.0 Å². The predicted molar refractivity (Wildman–Crippen MR) is 73.9 cm³/mol. The highest BCUT2D eigenvalue weighted by molar-refractivity contribution is 5.79. The van der Waals surface area contributed by atoms with Crippen LogP contribution < -0.4 is 10.5 Å². The minimum absolute atomic E-state index is 0.420. The molecule has 3 aromatic rings. The Morgan fingerprint density at radius 1 is 1.11 bits per heavy atom. The van der Waals surface area contributed by atoms with Gasteiger partial charge in [-0.05, 0) is 24.3 Å². The summed E-state index contributed by atoms with van der Waals surface area (Å²) in [6, 6.07) is 11.6. The summed E-state index contributed by atoms with van der Waals surface area (Å²) in [4.78, 5) is 8.36. The van der Waals surface area contributed by atoms with Crippen LogP contribution >= 0.6 is 0 Å². The van der Waals surface area contributed by atoms with Crippen LogP contribution in [0.1, 0.15) is 5.56 Å². The highest BCUT2D eigenvalue weighted by atomic mass is 16.5. The second-order valence-electron chi connectivity index (χ2n) is 4.15. The van der Waals surface area contributed by atoms with Crippen molar-refractivity contribution in [2.75, 3.05) is 0 Å². The highest BCUT2D eigenvalue weighted by Gasteiger charge is 2.04. The maximum atomic E-state index is 5.83. The molecular formula is C15H13N3O. The van der Waals surface area contributed by atoms with Crippen molar-refractivity contribution >= 4 is 10.9 Å². The minimum atomic E-state index is 0.420. The standard InChI is InChI=1S/C15H13N3O/c16-9-12-5-7-17-10-15(12)19-13-4-3-11-2-1-6-18-14(11)8-13/h1-8,10H,9,16H2. The summed E-state index contributed by atoms with van der Waals surface area (Å²) in [6.07, 6.45) is 5.14. The molecule has 0 spiro atoms. The van der Waals surface area contributed by atoms with E-state index in [1.807, 2.05) is 36.4 Å². The van der Waals surface area contributed by atoms with Crippen molar-refractivity contribution in [3.63, 3.8) is 0 Å². The highest BCUT2D eigenvalue weighted by Crippen LogP contribution is 2.26. The van der Waals surface area contributed by atoms with Gasteiger partial charge in [-0.1, -0.05) is 6.07 Å². The van der Waals surface area contributed by atoms with Crippen LogP contribution in [-0.2, 0) is 6.54 Å². The Morgan fingerprint density at radius 2 is 2.05 bits per heavy atom. The first-order valence-electron chi connectivity index (χ1n) is 6.02. The van der Waals surface area contributed by atoms with Gasteiger partial charge < -0.3 is 10.5 Å². The van der Waals surface area contributed by atoms with E-state index in [1.165, 1.54) is 0 Å². The molecule has 0 bridgehead atoms. The number of ether oxygens (including phenoxy) is 1. The molecule has 0 unspecified atom stereocenters. The van der Waals surface area contributed by atoms with Gasteiger partial charge in [0.25, 0.3) is 0 Å². The fraction of sp³-hybridized carbons (Fsp3) is 0.0667. The monoisotopic (exact) mass is 251 g/mol. The van der Waals surface area contributed by atoms with E-state index >= 15 is 0 Å². The molecule has 1 aromatic carbocycles. The van der Waals surface area contributed by atoms with Gasteiger partial charge >= 0.3 is 0 Å². The number of fused-ring (bicyclic) bond motifs is 1. The second-order valence-corrected chi connectivity index (χ2v) is 4.15. The predicted octanol–water partition coefficient (Wildman–Crippen LogP) is 2.88. The van der Waals surface area contributed by atoms with Crippen LogP contribution in [0, 0.1) is 0 Å². The number of pyridine rings is 2. The fourth-order valence-electron chi connectivity index (χ4n) is 1.91. The number of nitrogens with two attached hydrogens (primary N) is 1. The summed E-state index contributed by atoms with van der Waals surface area (Å²) < 4.78 is 5.83. The van der Waals surface area contributed by atoms with Gasteiger partial charge in [-0.25, -0.2) is 0 Å². The molecule has 0 amide bonds. The van der Waals surface area contributed by atoms with E-state index in [0.29, 0.717) is 12.3 Å². The topological polar surface area (TPSA) is 61.0 Å². The zero-order valence-corrected chi connectivity index (χ0v) is 10.3. The molecule has 2 heterocycles. The summed E-state index contributed by atoms with van der Waals surface area (Å²) in [5.74, 6) is 1.41. The average molecular weight is 251 g/mol. The largest absolute Gasteiger partial charge is 0.455 e. The molecule has 94 valence electrons. The molecule has 0 saturated heterocycles. The third kappa shape index (κ3) is 2.39. The van der Waals surface area contributed by atoms with Crippen LogP contribution in [0.25, 0.3) is 10.9 Å². The summed E-state index contributed by atoms with van der Waals surface area (Å²) in [7, 11) is 0. The van der Waals surface area contributed by atoms with Crippen molar-refractivity contribution in [1.29, 1.82) is 0 Å². The number of benzene rings is 1. The Hall–Kier alpha value is -2.46. The summed E-state index contributed by atoms with van der Waals surface area (Å²) in [5, 5.41) is 1.08. The van der Waals surface area contributed by atoms with E-state index < -0.39 is 0 Å². The molecule has 4 nitrogen and oxygen atoms in total. The van der Waals surface area contributed by atoms with Gasteiger partial charge in [0.15, 0.2) is 0 Å². The Kier molecular flexibility index (Phi) is 3.08. The number of hydrogen-bond acceptors (Lipinski definition) is 4. The Morgan fingerprint density at radius 3 is 2.95 bits per heavy atom. The number of rotatable bonds is 3. The lowest BCUT2D eigenvalue weighted by Gasteiger charge is -2.09. The molecule has 0 aliphatic rings. The quantitative estimate of drug-likeness (QED) is 0.777. The van der Waals surface area contributed by atoms with Crippen LogP contribution in [-0.4, -0.2) is 9.97 Å². The van der Waals surface area contributed by atoms with Crippen molar-refractivity contribution in [3.05, 3.63) is 60.6 Å². The molecular weight excluding hydrogens is 238 g/mol. The molecule has 0 aliphatic heterocycles. The van der Waals surface area contributed by atoms with Gasteiger partial charge in [0.1, 0.15) is 11.5 Å². The molecule has 2 aromatic heterocycles. The lowest BCUT2D eigenvalue weighted by Crippen LogP contribution is -1.99. The number of nitrogens with zero attached hydrogens (tertiary/aromatic N) is 2. The first kappa shape index (κ1) is 11.6. The molecule has 2 N–H and O–H groups in total. The summed E-state index contributed by atoms with van der Waals surface area (Å²) in [5.41, 5.74) is 7.50. The Bertz CT molecular complexity index is 712. The van der Waals surface area contributed by atoms with Gasteiger partial charge in [-0.15, -0.1) is 0 Å². The lowest BCUT2D eigenvalue weighted by molar-refractivity contribution is 0.474. The molecule has 0 aliphatic carbocycles. The van der Waals surface area contributed by atoms with E-state index in [1.54, 1.807) is 18.6 Å². The third-order valence-electron chi connectivity index (χ3n) is 2.90. The normalized spacial score (nSPS) is 10.6. The number of hydrogen-bond donors (Lipinski definition) is 1. The zero-order chi connectivity index (χ0) is 13.1. The summed E-state index contributed by atoms with van der Waals surface area (Å²) >= 11 is 0. The van der Waals surface area contributed by atoms with Crippen LogP contribution in [0.2, 0.25) is 0 Å². The summed E-state index contributed by atoms with van der Waals surface area (Å²) in [6.45, 7) is 0.420. The third-order valence-corrected chi connectivity index (χ3v) is 2.90. The van der Waals surface area contributed by atoms with Crippen molar-refractivity contribution in [3.8, 4) is 11.5 Å². The van der Waals surface area contributed by atoms with Crippen molar-refractivity contribution in [2.45, 2.75) is 6.54 Å². The Labute approximate surface area is 110 Å². The van der Waals surface area contributed by atoms with E-state index in [4.69, 9.17) is 10.5 Å². The Balaban J connectivity index is 1.96. The van der Waals surface area contributed by atoms with Crippen LogP contribution in [0.15, 0.2) is 55.0 Å². The minimum Gasteiger partial charge on any atom is -0.455 e.